The standard InChI is InChI=1S/C25H31FN4O4/c1-15-22(12-19-18-11-16(26)4-5-20(18)28-24(19)32)27-21-3-2-6-30(25(33)23(15)21)14-17(31)13-29-7-9-34-10-8-29/h4-5,11-12,15,17,19,27,31H,2-3,6-10,13-14H2,1H3,(H,28,32)/b22-12+. The van der Waals surface area contributed by atoms with Crippen molar-refractivity contribution in [3.63, 3.8) is 0 Å². The molecule has 34 heavy (non-hydrogen) atoms. The summed E-state index contributed by atoms with van der Waals surface area (Å²) in [6.07, 6.45) is 2.70. The number of morpholine rings is 1. The molecule has 1 fully saturated rings. The van der Waals surface area contributed by atoms with E-state index in [0.29, 0.717) is 43.1 Å². The van der Waals surface area contributed by atoms with Gasteiger partial charge < -0.3 is 25.4 Å². The van der Waals surface area contributed by atoms with Crippen molar-refractivity contribution < 1.29 is 23.8 Å². The first kappa shape index (κ1) is 23.0. The molecular formula is C25H31FN4O4. The number of carbonyl (C=O) groups is 2. The number of amides is 2. The first-order valence-electron chi connectivity index (χ1n) is 12.0. The molecule has 1 aromatic carbocycles. The van der Waals surface area contributed by atoms with Crippen molar-refractivity contribution in [2.24, 2.45) is 5.92 Å². The molecule has 0 spiro atoms. The number of aliphatic hydroxyl groups is 1. The number of fused-ring (bicyclic) bond motifs is 1. The Balaban J connectivity index is 1.30. The molecule has 1 saturated heterocycles. The molecule has 9 heteroatoms. The quantitative estimate of drug-likeness (QED) is 0.605. The van der Waals surface area contributed by atoms with E-state index in [9.17, 15) is 19.1 Å². The molecule has 5 rings (SSSR count). The molecule has 4 heterocycles. The Morgan fingerprint density at radius 3 is 2.79 bits per heavy atom. The Labute approximate surface area is 198 Å². The molecule has 3 unspecified atom stereocenters. The van der Waals surface area contributed by atoms with Gasteiger partial charge in [-0.25, -0.2) is 4.39 Å². The first-order valence-corrected chi connectivity index (χ1v) is 12.0. The van der Waals surface area contributed by atoms with Crippen molar-refractivity contribution in [2.45, 2.75) is 31.8 Å². The van der Waals surface area contributed by atoms with Crippen molar-refractivity contribution in [1.82, 2.24) is 15.1 Å². The van der Waals surface area contributed by atoms with E-state index in [2.05, 4.69) is 15.5 Å². The molecule has 3 N–H and O–H groups in total. The van der Waals surface area contributed by atoms with E-state index < -0.39 is 12.0 Å². The number of hydrogen-bond acceptors (Lipinski definition) is 6. The number of nitrogens with one attached hydrogen (secondary N) is 2. The highest BCUT2D eigenvalue weighted by atomic mass is 19.1. The van der Waals surface area contributed by atoms with Crippen LogP contribution >= 0.6 is 0 Å². The second-order valence-corrected chi connectivity index (χ2v) is 9.48. The van der Waals surface area contributed by atoms with Crippen LogP contribution in [-0.2, 0) is 14.3 Å². The van der Waals surface area contributed by atoms with Crippen LogP contribution in [0.5, 0.6) is 0 Å². The van der Waals surface area contributed by atoms with Gasteiger partial charge in [0.25, 0.3) is 5.91 Å². The summed E-state index contributed by atoms with van der Waals surface area (Å²) in [4.78, 5) is 30.0. The number of hydrogen-bond donors (Lipinski definition) is 3. The van der Waals surface area contributed by atoms with E-state index in [1.54, 1.807) is 11.0 Å². The van der Waals surface area contributed by atoms with Crippen LogP contribution in [0.2, 0.25) is 0 Å². The van der Waals surface area contributed by atoms with Crippen molar-refractivity contribution in [2.75, 3.05) is 51.3 Å². The number of β-amino-alcohol motifs (C(OH)–C–C–N with tert-alkyl or cyclic N) is 1. The average Bonchev–Trinajstić information content (AvgIpc) is 3.23. The maximum atomic E-state index is 13.8. The van der Waals surface area contributed by atoms with Crippen LogP contribution in [0.25, 0.3) is 0 Å². The smallest absolute Gasteiger partial charge is 0.252 e. The van der Waals surface area contributed by atoms with Gasteiger partial charge in [-0.1, -0.05) is 6.92 Å². The van der Waals surface area contributed by atoms with Gasteiger partial charge in [-0.05, 0) is 42.7 Å². The number of nitrogens with zero attached hydrogens (tertiary/aromatic N) is 2. The van der Waals surface area contributed by atoms with E-state index >= 15 is 0 Å². The predicted octanol–water partition coefficient (Wildman–Crippen LogP) is 1.55. The van der Waals surface area contributed by atoms with Crippen LogP contribution in [0.4, 0.5) is 10.1 Å². The Kier molecular flexibility index (Phi) is 6.42. The van der Waals surface area contributed by atoms with Gasteiger partial charge in [0.15, 0.2) is 0 Å². The minimum atomic E-state index is -0.627. The predicted molar refractivity (Wildman–Crippen MR) is 124 cm³/mol. The van der Waals surface area contributed by atoms with E-state index in [-0.39, 0.29) is 30.1 Å². The van der Waals surface area contributed by atoms with Crippen LogP contribution in [0, 0.1) is 11.7 Å². The van der Waals surface area contributed by atoms with E-state index in [1.807, 2.05) is 13.0 Å². The summed E-state index contributed by atoms with van der Waals surface area (Å²) in [5.41, 5.74) is 3.58. The van der Waals surface area contributed by atoms with Crippen LogP contribution in [0.1, 0.15) is 31.2 Å². The van der Waals surface area contributed by atoms with Crippen LogP contribution in [0.3, 0.4) is 0 Å². The van der Waals surface area contributed by atoms with Gasteiger partial charge in [0.1, 0.15) is 5.82 Å². The third-order valence-electron chi connectivity index (χ3n) is 7.13. The maximum Gasteiger partial charge on any atom is 0.252 e. The maximum absolute atomic E-state index is 13.8. The normalized spacial score (nSPS) is 27.4. The third kappa shape index (κ3) is 4.47. The van der Waals surface area contributed by atoms with Crippen LogP contribution < -0.4 is 10.6 Å². The summed E-state index contributed by atoms with van der Waals surface area (Å²) in [6, 6.07) is 4.29. The third-order valence-corrected chi connectivity index (χ3v) is 7.13. The fraction of sp³-hybridized carbons (Fsp3) is 0.520. The molecule has 8 nitrogen and oxygen atoms in total. The second-order valence-electron chi connectivity index (χ2n) is 9.48. The van der Waals surface area contributed by atoms with Crippen molar-refractivity contribution in [1.29, 1.82) is 0 Å². The summed E-state index contributed by atoms with van der Waals surface area (Å²) in [5.74, 6) is -1.49. The summed E-state index contributed by atoms with van der Waals surface area (Å²) >= 11 is 0. The minimum Gasteiger partial charge on any atom is -0.390 e. The number of ether oxygens (including phenoxy) is 1. The highest BCUT2D eigenvalue weighted by molar-refractivity contribution is 6.04. The molecule has 4 aliphatic rings. The monoisotopic (exact) mass is 470 g/mol. The van der Waals surface area contributed by atoms with Gasteiger partial charge in [0.2, 0.25) is 5.91 Å². The lowest BCUT2D eigenvalue weighted by Gasteiger charge is -2.31. The Hall–Kier alpha value is -2.75. The van der Waals surface area contributed by atoms with Crippen molar-refractivity contribution >= 4 is 17.5 Å². The van der Waals surface area contributed by atoms with E-state index in [4.69, 9.17) is 4.74 Å². The van der Waals surface area contributed by atoms with Crippen LogP contribution in [0.15, 0.2) is 41.2 Å². The number of allylic oxidation sites excluding steroid dienone is 2. The van der Waals surface area contributed by atoms with Crippen molar-refractivity contribution in [3.8, 4) is 0 Å². The molecular weight excluding hydrogens is 439 g/mol. The molecule has 0 aromatic heterocycles. The summed E-state index contributed by atoms with van der Waals surface area (Å²) in [6.45, 7) is 6.26. The van der Waals surface area contributed by atoms with Gasteiger partial charge in [-0.2, -0.15) is 0 Å². The van der Waals surface area contributed by atoms with Gasteiger partial charge in [-0.15, -0.1) is 0 Å². The molecule has 2 amide bonds. The van der Waals surface area contributed by atoms with Gasteiger partial charge >= 0.3 is 0 Å². The number of rotatable bonds is 5. The fourth-order valence-electron chi connectivity index (χ4n) is 5.35. The summed E-state index contributed by atoms with van der Waals surface area (Å²) in [7, 11) is 0. The Morgan fingerprint density at radius 1 is 1.21 bits per heavy atom. The van der Waals surface area contributed by atoms with Crippen LogP contribution in [-0.4, -0.2) is 78.8 Å². The van der Waals surface area contributed by atoms with Gasteiger partial charge in [-0.3, -0.25) is 14.5 Å². The molecule has 1 aromatic rings. The Morgan fingerprint density at radius 2 is 2.00 bits per heavy atom. The molecule has 182 valence electrons. The largest absolute Gasteiger partial charge is 0.390 e. The zero-order valence-electron chi connectivity index (χ0n) is 19.3. The fourth-order valence-corrected chi connectivity index (χ4v) is 5.35. The second kappa shape index (κ2) is 9.48. The number of anilines is 1. The Bertz CT molecular complexity index is 1050. The molecule has 0 saturated carbocycles. The number of aliphatic hydroxyl groups excluding tert-OH is 1. The topological polar surface area (TPSA) is 94.1 Å². The molecule has 0 aliphatic carbocycles. The number of carbonyl (C=O) groups excluding carboxylic acids is 2. The lowest BCUT2D eigenvalue weighted by molar-refractivity contribution is -0.129. The lowest BCUT2D eigenvalue weighted by Crippen LogP contribution is -2.46. The van der Waals surface area contributed by atoms with E-state index in [0.717, 1.165) is 37.3 Å². The van der Waals surface area contributed by atoms with Crippen molar-refractivity contribution in [3.05, 3.63) is 52.6 Å². The van der Waals surface area contributed by atoms with E-state index in [1.165, 1.54) is 12.1 Å². The molecule has 3 atom stereocenters. The zero-order chi connectivity index (χ0) is 23.8. The lowest BCUT2D eigenvalue weighted by atomic mass is 9.93. The molecule has 0 bridgehead atoms. The highest BCUT2D eigenvalue weighted by Crippen LogP contribution is 2.39. The molecule has 4 aliphatic heterocycles. The SMILES string of the molecule is CC1C2=C(CCCN(CC(O)CN3CCOCC3)C2=O)N/C1=C/C1C(=O)Nc2ccc(F)cc21. The average molecular weight is 471 g/mol. The first-order chi connectivity index (χ1) is 16.4. The number of benzene rings is 1. The van der Waals surface area contributed by atoms with Gasteiger partial charge in [0, 0.05) is 61.3 Å². The molecule has 0 radical (unpaired) electrons. The minimum absolute atomic E-state index is 0.0701. The van der Waals surface area contributed by atoms with Gasteiger partial charge in [0.05, 0.1) is 25.2 Å². The zero-order valence-corrected chi connectivity index (χ0v) is 19.3. The number of halogens is 1. The summed E-state index contributed by atoms with van der Waals surface area (Å²) in [5, 5.41) is 16.8. The summed E-state index contributed by atoms with van der Waals surface area (Å²) < 4.78 is 19.2. The highest BCUT2D eigenvalue weighted by Gasteiger charge is 2.38.